The van der Waals surface area contributed by atoms with Crippen LogP contribution in [0, 0.1) is 13.8 Å². The quantitative estimate of drug-likeness (QED) is 0.214. The Labute approximate surface area is 185 Å². The van der Waals surface area contributed by atoms with Crippen molar-refractivity contribution in [2.24, 2.45) is 4.99 Å². The zero-order chi connectivity index (χ0) is 20.6. The van der Waals surface area contributed by atoms with Crippen molar-refractivity contribution in [3.05, 3.63) is 41.3 Å². The normalized spacial score (nSPS) is 11.7. The number of nitrogens with one attached hydrogen (secondary N) is 3. The van der Waals surface area contributed by atoms with Gasteiger partial charge in [-0.25, -0.2) is 4.98 Å². The van der Waals surface area contributed by atoms with Crippen molar-refractivity contribution in [1.82, 2.24) is 25.4 Å². The maximum absolute atomic E-state index is 12.9. The minimum absolute atomic E-state index is 0. The molecule has 0 bridgehead atoms. The average molecular weight is 525 g/mol. The summed E-state index contributed by atoms with van der Waals surface area (Å²) in [4.78, 5) is 7.87. The SMILES string of the molecule is CN=C(NCCCn1nc(C)cc1C)NCCNc1ncccc1C(F)(F)F.I. The van der Waals surface area contributed by atoms with E-state index in [1.807, 2.05) is 24.6 Å². The van der Waals surface area contributed by atoms with Crippen molar-refractivity contribution in [3.8, 4) is 0 Å². The first kappa shape index (κ1) is 25.0. The lowest BCUT2D eigenvalue weighted by molar-refractivity contribution is -0.137. The fourth-order valence-corrected chi connectivity index (χ4v) is 2.69. The summed E-state index contributed by atoms with van der Waals surface area (Å²) in [6, 6.07) is 4.31. The number of hydrogen-bond donors (Lipinski definition) is 3. The van der Waals surface area contributed by atoms with Crippen LogP contribution >= 0.6 is 24.0 Å². The van der Waals surface area contributed by atoms with Crippen LogP contribution in [0.25, 0.3) is 0 Å². The van der Waals surface area contributed by atoms with Crippen molar-refractivity contribution >= 4 is 35.8 Å². The Kier molecular flexibility index (Phi) is 10.2. The molecule has 0 fully saturated rings. The molecule has 11 heteroatoms. The fourth-order valence-electron chi connectivity index (χ4n) is 2.69. The first-order valence-corrected chi connectivity index (χ1v) is 9.03. The topological polar surface area (TPSA) is 79.2 Å². The van der Waals surface area contributed by atoms with E-state index in [0.29, 0.717) is 19.0 Å². The van der Waals surface area contributed by atoms with Gasteiger partial charge < -0.3 is 16.0 Å². The summed E-state index contributed by atoms with van der Waals surface area (Å²) in [6.07, 6.45) is -2.24. The number of halogens is 4. The molecule has 0 amide bonds. The zero-order valence-corrected chi connectivity index (χ0v) is 19.0. The number of aromatic nitrogens is 3. The molecule has 2 aromatic heterocycles. The van der Waals surface area contributed by atoms with Crippen LogP contribution in [-0.4, -0.2) is 47.4 Å². The van der Waals surface area contributed by atoms with Crippen molar-refractivity contribution in [2.45, 2.75) is 33.0 Å². The molecule has 7 nitrogen and oxygen atoms in total. The van der Waals surface area contributed by atoms with Gasteiger partial charge in [0.05, 0.1) is 11.3 Å². The van der Waals surface area contributed by atoms with E-state index < -0.39 is 11.7 Å². The summed E-state index contributed by atoms with van der Waals surface area (Å²) >= 11 is 0. The molecule has 0 saturated heterocycles. The number of alkyl halides is 3. The number of aryl methyl sites for hydroxylation is 3. The third-order valence-electron chi connectivity index (χ3n) is 3.99. The van der Waals surface area contributed by atoms with Crippen LogP contribution in [0.4, 0.5) is 19.0 Å². The van der Waals surface area contributed by atoms with Gasteiger partial charge in [0.25, 0.3) is 0 Å². The third kappa shape index (κ3) is 8.07. The Bertz CT molecular complexity index is 790. The fraction of sp³-hybridized carbons (Fsp3) is 0.500. The van der Waals surface area contributed by atoms with Gasteiger partial charge in [-0.1, -0.05) is 0 Å². The van der Waals surface area contributed by atoms with E-state index in [2.05, 4.69) is 31.0 Å². The van der Waals surface area contributed by atoms with Gasteiger partial charge in [-0.3, -0.25) is 9.67 Å². The maximum Gasteiger partial charge on any atom is 0.419 e. The first-order valence-electron chi connectivity index (χ1n) is 9.03. The highest BCUT2D eigenvalue weighted by atomic mass is 127. The predicted octanol–water partition coefficient (Wildman–Crippen LogP) is 3.20. The van der Waals surface area contributed by atoms with Gasteiger partial charge in [-0.15, -0.1) is 24.0 Å². The van der Waals surface area contributed by atoms with Crippen molar-refractivity contribution < 1.29 is 13.2 Å². The summed E-state index contributed by atoms with van der Waals surface area (Å²) in [5.74, 6) is 0.414. The Morgan fingerprint density at radius 1 is 1.17 bits per heavy atom. The molecule has 0 spiro atoms. The molecular formula is C18H27F3IN7. The number of nitrogens with zero attached hydrogens (tertiary/aromatic N) is 4. The summed E-state index contributed by atoms with van der Waals surface area (Å²) in [5.41, 5.74) is 1.34. The summed E-state index contributed by atoms with van der Waals surface area (Å²) < 4.78 is 40.8. The van der Waals surface area contributed by atoms with Gasteiger partial charge in [-0.2, -0.15) is 18.3 Å². The van der Waals surface area contributed by atoms with Crippen LogP contribution in [-0.2, 0) is 12.7 Å². The molecule has 162 valence electrons. The molecule has 29 heavy (non-hydrogen) atoms. The maximum atomic E-state index is 12.9. The van der Waals surface area contributed by atoms with E-state index in [1.165, 1.54) is 12.3 Å². The lowest BCUT2D eigenvalue weighted by atomic mass is 10.2. The second kappa shape index (κ2) is 11.8. The van der Waals surface area contributed by atoms with Crippen LogP contribution in [0.1, 0.15) is 23.4 Å². The molecule has 0 aliphatic rings. The van der Waals surface area contributed by atoms with Crippen molar-refractivity contribution in [1.29, 1.82) is 0 Å². The molecule has 0 atom stereocenters. The highest BCUT2D eigenvalue weighted by Gasteiger charge is 2.33. The van der Waals surface area contributed by atoms with Crippen LogP contribution in [0.15, 0.2) is 29.4 Å². The summed E-state index contributed by atoms with van der Waals surface area (Å²) in [6.45, 7) is 6.14. The van der Waals surface area contributed by atoms with Crippen LogP contribution in [0.2, 0.25) is 0 Å². The molecule has 2 heterocycles. The van der Waals surface area contributed by atoms with Gasteiger partial charge in [0.1, 0.15) is 5.82 Å². The van der Waals surface area contributed by atoms with Crippen LogP contribution in [0.5, 0.6) is 0 Å². The molecule has 0 aromatic carbocycles. The molecular weight excluding hydrogens is 498 g/mol. The van der Waals surface area contributed by atoms with Crippen LogP contribution in [0.3, 0.4) is 0 Å². The minimum Gasteiger partial charge on any atom is -0.368 e. The Morgan fingerprint density at radius 3 is 2.52 bits per heavy atom. The predicted molar refractivity (Wildman–Crippen MR) is 119 cm³/mol. The standard InChI is InChI=1S/C18H26F3N7.HI/c1-13-12-14(2)28(27-13)11-5-8-25-17(22-3)26-10-9-24-16-15(18(19,20)21)6-4-7-23-16;/h4,6-7,12H,5,8-11H2,1-3H3,(H,23,24)(H2,22,25,26);1H. The number of hydrogen-bond acceptors (Lipinski definition) is 4. The average Bonchev–Trinajstić information content (AvgIpc) is 2.97. The van der Waals surface area contributed by atoms with E-state index in [0.717, 1.165) is 30.4 Å². The molecule has 3 N–H and O–H groups in total. The van der Waals surface area contributed by atoms with Crippen molar-refractivity contribution in [3.63, 3.8) is 0 Å². The third-order valence-corrected chi connectivity index (χ3v) is 3.99. The van der Waals surface area contributed by atoms with Gasteiger partial charge in [0.15, 0.2) is 5.96 Å². The van der Waals surface area contributed by atoms with Gasteiger partial charge in [0, 0.05) is 45.1 Å². The Hall–Kier alpha value is -2.05. The molecule has 0 aliphatic heterocycles. The monoisotopic (exact) mass is 525 g/mol. The minimum atomic E-state index is -4.44. The highest BCUT2D eigenvalue weighted by molar-refractivity contribution is 14.0. The van der Waals surface area contributed by atoms with E-state index in [1.54, 1.807) is 7.05 Å². The lowest BCUT2D eigenvalue weighted by Crippen LogP contribution is -2.40. The lowest BCUT2D eigenvalue weighted by Gasteiger charge is -2.15. The molecule has 0 saturated carbocycles. The molecule has 2 rings (SSSR count). The largest absolute Gasteiger partial charge is 0.419 e. The van der Waals surface area contributed by atoms with Gasteiger partial charge in [0.2, 0.25) is 0 Å². The smallest absolute Gasteiger partial charge is 0.368 e. The second-order valence-electron chi connectivity index (χ2n) is 6.25. The van der Waals surface area contributed by atoms with Crippen LogP contribution < -0.4 is 16.0 Å². The first-order chi connectivity index (χ1) is 13.3. The molecule has 0 radical (unpaired) electrons. The van der Waals surface area contributed by atoms with E-state index in [-0.39, 0.29) is 36.3 Å². The van der Waals surface area contributed by atoms with E-state index in [4.69, 9.17) is 0 Å². The van der Waals surface area contributed by atoms with Crippen molar-refractivity contribution in [2.75, 3.05) is 32.0 Å². The van der Waals surface area contributed by atoms with Gasteiger partial charge >= 0.3 is 6.18 Å². The Balaban J connectivity index is 0.00000420. The molecule has 0 unspecified atom stereocenters. The number of pyridine rings is 1. The molecule has 2 aromatic rings. The van der Waals surface area contributed by atoms with Gasteiger partial charge in [-0.05, 0) is 38.5 Å². The number of anilines is 1. The summed E-state index contributed by atoms with van der Waals surface area (Å²) in [5, 5.41) is 13.3. The zero-order valence-electron chi connectivity index (χ0n) is 16.7. The summed E-state index contributed by atoms with van der Waals surface area (Å²) in [7, 11) is 1.64. The molecule has 0 aliphatic carbocycles. The number of rotatable bonds is 8. The number of aliphatic imine (C=N–C) groups is 1. The van der Waals surface area contributed by atoms with E-state index >= 15 is 0 Å². The second-order valence-corrected chi connectivity index (χ2v) is 6.25. The number of guanidine groups is 1. The Morgan fingerprint density at radius 2 is 1.90 bits per heavy atom. The highest BCUT2D eigenvalue weighted by Crippen LogP contribution is 2.33. The van der Waals surface area contributed by atoms with E-state index in [9.17, 15) is 13.2 Å².